The SMILES string of the molecule is CC(=O)N1CC[C@@H](Cc2ccc(-c3nc(C)cs3)nc2)C1. The number of hydrogen-bond donors (Lipinski definition) is 0. The van der Waals surface area contributed by atoms with Gasteiger partial charge in [0, 0.05) is 37.3 Å². The van der Waals surface area contributed by atoms with Gasteiger partial charge in [0.25, 0.3) is 0 Å². The van der Waals surface area contributed by atoms with Crippen LogP contribution in [0.4, 0.5) is 0 Å². The molecule has 1 amide bonds. The van der Waals surface area contributed by atoms with E-state index in [1.54, 1.807) is 18.3 Å². The molecule has 0 spiro atoms. The number of thiazole rings is 1. The van der Waals surface area contributed by atoms with E-state index in [-0.39, 0.29) is 5.91 Å². The third-order valence-electron chi connectivity index (χ3n) is 3.92. The summed E-state index contributed by atoms with van der Waals surface area (Å²) in [4.78, 5) is 22.3. The van der Waals surface area contributed by atoms with Gasteiger partial charge in [0.15, 0.2) is 0 Å². The minimum absolute atomic E-state index is 0.185. The fraction of sp³-hybridized carbons (Fsp3) is 0.438. The van der Waals surface area contributed by atoms with Crippen molar-refractivity contribution in [1.82, 2.24) is 14.9 Å². The summed E-state index contributed by atoms with van der Waals surface area (Å²) < 4.78 is 0. The maximum atomic E-state index is 11.4. The summed E-state index contributed by atoms with van der Waals surface area (Å²) in [6, 6.07) is 4.18. The van der Waals surface area contributed by atoms with Crippen molar-refractivity contribution in [2.45, 2.75) is 26.7 Å². The van der Waals surface area contributed by atoms with Gasteiger partial charge in [0.1, 0.15) is 5.01 Å². The average Bonchev–Trinajstić information content (AvgIpc) is 3.09. The van der Waals surface area contributed by atoms with E-state index in [4.69, 9.17) is 0 Å². The molecule has 0 aromatic carbocycles. The smallest absolute Gasteiger partial charge is 0.219 e. The molecule has 3 heterocycles. The molecule has 0 aliphatic carbocycles. The first-order chi connectivity index (χ1) is 10.1. The number of carbonyl (C=O) groups is 1. The van der Waals surface area contributed by atoms with Gasteiger partial charge in [-0.05, 0) is 37.3 Å². The normalized spacial score (nSPS) is 18.2. The molecule has 5 heteroatoms. The van der Waals surface area contributed by atoms with Gasteiger partial charge in [-0.1, -0.05) is 6.07 Å². The first-order valence-corrected chi connectivity index (χ1v) is 8.13. The number of aromatic nitrogens is 2. The van der Waals surface area contributed by atoms with E-state index in [2.05, 4.69) is 16.0 Å². The molecule has 0 N–H and O–H groups in total. The fourth-order valence-corrected chi connectivity index (χ4v) is 3.54. The number of rotatable bonds is 3. The summed E-state index contributed by atoms with van der Waals surface area (Å²) >= 11 is 1.63. The van der Waals surface area contributed by atoms with E-state index >= 15 is 0 Å². The van der Waals surface area contributed by atoms with Crippen molar-refractivity contribution in [2.75, 3.05) is 13.1 Å². The molecule has 1 atom stereocenters. The van der Waals surface area contributed by atoms with Crippen LogP contribution in [0.5, 0.6) is 0 Å². The third-order valence-corrected chi connectivity index (χ3v) is 4.90. The number of nitrogens with zero attached hydrogens (tertiary/aromatic N) is 3. The van der Waals surface area contributed by atoms with Crippen LogP contribution in [0.15, 0.2) is 23.7 Å². The molecular formula is C16H19N3OS. The Morgan fingerprint density at radius 2 is 2.33 bits per heavy atom. The number of amides is 1. The van der Waals surface area contributed by atoms with Crippen LogP contribution in [-0.2, 0) is 11.2 Å². The van der Waals surface area contributed by atoms with Crippen LogP contribution < -0.4 is 0 Å². The van der Waals surface area contributed by atoms with Crippen LogP contribution in [0.1, 0.15) is 24.6 Å². The molecule has 0 radical (unpaired) electrons. The van der Waals surface area contributed by atoms with Crippen molar-refractivity contribution in [3.05, 3.63) is 35.0 Å². The highest BCUT2D eigenvalue weighted by Crippen LogP contribution is 2.24. The Kier molecular flexibility index (Phi) is 4.01. The van der Waals surface area contributed by atoms with Crippen LogP contribution >= 0.6 is 11.3 Å². The van der Waals surface area contributed by atoms with Gasteiger partial charge in [-0.15, -0.1) is 11.3 Å². The molecule has 0 saturated carbocycles. The van der Waals surface area contributed by atoms with Gasteiger partial charge in [0.05, 0.1) is 5.69 Å². The molecule has 1 saturated heterocycles. The lowest BCUT2D eigenvalue weighted by Crippen LogP contribution is -2.26. The van der Waals surface area contributed by atoms with Gasteiger partial charge in [-0.2, -0.15) is 0 Å². The van der Waals surface area contributed by atoms with E-state index in [0.717, 1.165) is 42.3 Å². The summed E-state index contributed by atoms with van der Waals surface area (Å²) in [5.41, 5.74) is 3.22. The predicted molar refractivity (Wildman–Crippen MR) is 84.1 cm³/mol. The summed E-state index contributed by atoms with van der Waals surface area (Å²) in [5, 5.41) is 3.02. The van der Waals surface area contributed by atoms with Crippen LogP contribution in [0.3, 0.4) is 0 Å². The van der Waals surface area contributed by atoms with Gasteiger partial charge in [0.2, 0.25) is 5.91 Å². The number of aryl methyl sites for hydroxylation is 1. The lowest BCUT2D eigenvalue weighted by atomic mass is 10.00. The minimum atomic E-state index is 0.185. The zero-order chi connectivity index (χ0) is 14.8. The molecule has 21 heavy (non-hydrogen) atoms. The van der Waals surface area contributed by atoms with Crippen LogP contribution in [-0.4, -0.2) is 33.9 Å². The number of hydrogen-bond acceptors (Lipinski definition) is 4. The first-order valence-electron chi connectivity index (χ1n) is 7.25. The molecule has 4 nitrogen and oxygen atoms in total. The summed E-state index contributed by atoms with van der Waals surface area (Å²) in [7, 11) is 0. The second kappa shape index (κ2) is 5.93. The van der Waals surface area contributed by atoms with Gasteiger partial charge >= 0.3 is 0 Å². The number of likely N-dealkylation sites (tertiary alicyclic amines) is 1. The minimum Gasteiger partial charge on any atom is -0.343 e. The maximum absolute atomic E-state index is 11.4. The van der Waals surface area contributed by atoms with E-state index in [1.165, 1.54) is 5.56 Å². The van der Waals surface area contributed by atoms with Crippen molar-refractivity contribution in [1.29, 1.82) is 0 Å². The molecule has 1 aliphatic rings. The highest BCUT2D eigenvalue weighted by atomic mass is 32.1. The quantitative estimate of drug-likeness (QED) is 0.875. The topological polar surface area (TPSA) is 46.1 Å². The van der Waals surface area contributed by atoms with Crippen molar-refractivity contribution >= 4 is 17.2 Å². The molecule has 3 rings (SSSR count). The van der Waals surface area contributed by atoms with Gasteiger partial charge in [-0.3, -0.25) is 9.78 Å². The Hall–Kier alpha value is -1.75. The second-order valence-electron chi connectivity index (χ2n) is 5.67. The summed E-state index contributed by atoms with van der Waals surface area (Å²) in [6.07, 6.45) is 4.03. The van der Waals surface area contributed by atoms with E-state index in [1.807, 2.05) is 29.5 Å². The highest BCUT2D eigenvalue weighted by molar-refractivity contribution is 7.13. The monoisotopic (exact) mass is 301 g/mol. The van der Waals surface area contributed by atoms with E-state index in [0.29, 0.717) is 5.92 Å². The Bertz CT molecular complexity index is 635. The summed E-state index contributed by atoms with van der Waals surface area (Å²) in [6.45, 7) is 5.41. The van der Waals surface area contributed by atoms with Crippen molar-refractivity contribution < 1.29 is 4.79 Å². The Morgan fingerprint density at radius 3 is 2.90 bits per heavy atom. The molecule has 2 aromatic heterocycles. The third kappa shape index (κ3) is 3.29. The molecule has 110 valence electrons. The lowest BCUT2D eigenvalue weighted by Gasteiger charge is -2.13. The van der Waals surface area contributed by atoms with E-state index in [9.17, 15) is 4.79 Å². The predicted octanol–water partition coefficient (Wildman–Crippen LogP) is 2.92. The van der Waals surface area contributed by atoms with Crippen LogP contribution in [0.25, 0.3) is 10.7 Å². The molecular weight excluding hydrogens is 282 g/mol. The standard InChI is InChI=1S/C16H19N3OS/c1-11-10-21-16(18-11)15-4-3-13(8-17-15)7-14-5-6-19(9-14)12(2)20/h3-4,8,10,14H,5-7,9H2,1-2H3/t14-/m0/s1. The average molecular weight is 301 g/mol. The molecule has 2 aromatic rings. The Morgan fingerprint density at radius 1 is 1.48 bits per heavy atom. The van der Waals surface area contributed by atoms with Crippen LogP contribution in [0.2, 0.25) is 0 Å². The summed E-state index contributed by atoms with van der Waals surface area (Å²) in [5.74, 6) is 0.744. The highest BCUT2D eigenvalue weighted by Gasteiger charge is 2.24. The molecule has 0 bridgehead atoms. The number of pyridine rings is 1. The zero-order valence-electron chi connectivity index (χ0n) is 12.4. The van der Waals surface area contributed by atoms with E-state index < -0.39 is 0 Å². The Labute approximate surface area is 128 Å². The lowest BCUT2D eigenvalue weighted by molar-refractivity contribution is -0.127. The van der Waals surface area contributed by atoms with Gasteiger partial charge in [-0.25, -0.2) is 4.98 Å². The zero-order valence-corrected chi connectivity index (χ0v) is 13.2. The number of carbonyl (C=O) groups excluding carboxylic acids is 1. The molecule has 1 aliphatic heterocycles. The van der Waals surface area contributed by atoms with Crippen molar-refractivity contribution in [3.63, 3.8) is 0 Å². The van der Waals surface area contributed by atoms with Crippen molar-refractivity contribution in [3.8, 4) is 10.7 Å². The largest absolute Gasteiger partial charge is 0.343 e. The maximum Gasteiger partial charge on any atom is 0.219 e. The van der Waals surface area contributed by atoms with Crippen LogP contribution in [0, 0.1) is 12.8 Å². The van der Waals surface area contributed by atoms with Gasteiger partial charge < -0.3 is 4.90 Å². The second-order valence-corrected chi connectivity index (χ2v) is 6.53. The molecule has 0 unspecified atom stereocenters. The first kappa shape index (κ1) is 14.2. The van der Waals surface area contributed by atoms with Crippen molar-refractivity contribution in [2.24, 2.45) is 5.92 Å². The Balaban J connectivity index is 1.64. The molecule has 1 fully saturated rings. The fourth-order valence-electron chi connectivity index (χ4n) is 2.76.